The summed E-state index contributed by atoms with van der Waals surface area (Å²) in [5.41, 5.74) is 1.32. The largest absolute Gasteiger partial charge is 0.314 e. The first-order valence-electron chi connectivity index (χ1n) is 5.57. The van der Waals surface area contributed by atoms with Gasteiger partial charge in [-0.05, 0) is 38.1 Å². The zero-order valence-corrected chi connectivity index (χ0v) is 10.0. The van der Waals surface area contributed by atoms with Gasteiger partial charge in [0, 0.05) is 18.0 Å². The summed E-state index contributed by atoms with van der Waals surface area (Å²) in [5, 5.41) is 3.17. The minimum Gasteiger partial charge on any atom is -0.314 e. The molecule has 0 fully saturated rings. The molecule has 1 rings (SSSR count). The Kier molecular flexibility index (Phi) is 4.62. The number of halogens is 1. The highest BCUT2D eigenvalue weighted by molar-refractivity contribution is 5.97. The third kappa shape index (κ3) is 3.42. The van der Waals surface area contributed by atoms with Crippen LogP contribution in [0, 0.1) is 12.7 Å². The van der Waals surface area contributed by atoms with Crippen molar-refractivity contribution < 1.29 is 9.18 Å². The second kappa shape index (κ2) is 5.75. The molecule has 0 saturated carbocycles. The van der Waals surface area contributed by atoms with E-state index in [1.807, 2.05) is 20.8 Å². The smallest absolute Gasteiger partial charge is 0.164 e. The molecule has 1 atom stereocenters. The van der Waals surface area contributed by atoms with Crippen LogP contribution in [0.15, 0.2) is 18.2 Å². The summed E-state index contributed by atoms with van der Waals surface area (Å²) >= 11 is 0. The van der Waals surface area contributed by atoms with E-state index < -0.39 is 0 Å². The number of hydrogen-bond donors (Lipinski definition) is 1. The van der Waals surface area contributed by atoms with Gasteiger partial charge in [-0.1, -0.05) is 13.0 Å². The number of benzene rings is 1. The molecular formula is C13H18FNO. The van der Waals surface area contributed by atoms with E-state index in [0.29, 0.717) is 12.0 Å². The van der Waals surface area contributed by atoms with Crippen molar-refractivity contribution in [1.29, 1.82) is 0 Å². The van der Waals surface area contributed by atoms with Crippen LogP contribution in [0.5, 0.6) is 0 Å². The lowest BCUT2D eigenvalue weighted by Crippen LogP contribution is -2.28. The Balaban J connectivity index is 2.76. The second-order valence-electron chi connectivity index (χ2n) is 4.05. The number of Topliss-reactive ketones (excluding diaryl/α,β-unsaturated/α-hetero) is 1. The maximum absolute atomic E-state index is 13.0. The molecule has 2 nitrogen and oxygen atoms in total. The monoisotopic (exact) mass is 223 g/mol. The van der Waals surface area contributed by atoms with Gasteiger partial charge in [0.2, 0.25) is 0 Å². The molecule has 1 N–H and O–H groups in total. The molecule has 0 aliphatic carbocycles. The van der Waals surface area contributed by atoms with Gasteiger partial charge in [0.25, 0.3) is 0 Å². The van der Waals surface area contributed by atoms with E-state index in [9.17, 15) is 9.18 Å². The molecule has 0 bridgehead atoms. The zero-order chi connectivity index (χ0) is 12.1. The van der Waals surface area contributed by atoms with Crippen molar-refractivity contribution in [2.75, 3.05) is 6.54 Å². The Morgan fingerprint density at radius 1 is 1.50 bits per heavy atom. The van der Waals surface area contributed by atoms with Gasteiger partial charge >= 0.3 is 0 Å². The molecule has 1 aromatic carbocycles. The van der Waals surface area contributed by atoms with Crippen LogP contribution in [0.3, 0.4) is 0 Å². The molecule has 0 aliphatic rings. The number of carbonyl (C=O) groups is 1. The maximum atomic E-state index is 13.0. The van der Waals surface area contributed by atoms with Gasteiger partial charge in [-0.25, -0.2) is 4.39 Å². The van der Waals surface area contributed by atoms with E-state index in [2.05, 4.69) is 5.32 Å². The number of rotatable bonds is 5. The first-order chi connectivity index (χ1) is 7.54. The summed E-state index contributed by atoms with van der Waals surface area (Å²) in [4.78, 5) is 11.9. The van der Waals surface area contributed by atoms with E-state index in [4.69, 9.17) is 0 Å². The van der Waals surface area contributed by atoms with Crippen molar-refractivity contribution in [2.45, 2.75) is 33.2 Å². The predicted octanol–water partition coefficient (Wildman–Crippen LogP) is 2.70. The fourth-order valence-electron chi connectivity index (χ4n) is 1.70. The molecule has 0 amide bonds. The summed E-state index contributed by atoms with van der Waals surface area (Å²) in [7, 11) is 0. The van der Waals surface area contributed by atoms with Crippen molar-refractivity contribution >= 4 is 5.78 Å². The quantitative estimate of drug-likeness (QED) is 0.778. The maximum Gasteiger partial charge on any atom is 0.164 e. The minimum absolute atomic E-state index is 0.00884. The van der Waals surface area contributed by atoms with Crippen molar-refractivity contribution in [1.82, 2.24) is 5.32 Å². The van der Waals surface area contributed by atoms with Crippen LogP contribution in [0.1, 0.15) is 36.2 Å². The average Bonchev–Trinajstić information content (AvgIpc) is 2.21. The molecule has 0 spiro atoms. The highest BCUT2D eigenvalue weighted by atomic mass is 19.1. The first kappa shape index (κ1) is 12.8. The van der Waals surface area contributed by atoms with Crippen molar-refractivity contribution in [2.24, 2.45) is 0 Å². The fourth-order valence-corrected chi connectivity index (χ4v) is 1.70. The molecular weight excluding hydrogens is 205 g/mol. The Labute approximate surface area is 95.9 Å². The van der Waals surface area contributed by atoms with E-state index in [-0.39, 0.29) is 17.6 Å². The third-order valence-corrected chi connectivity index (χ3v) is 2.54. The summed E-state index contributed by atoms with van der Waals surface area (Å²) in [5.74, 6) is -0.365. The SMILES string of the molecule is CCNC(C)CC(=O)c1cc(F)ccc1C. The molecule has 0 radical (unpaired) electrons. The van der Waals surface area contributed by atoms with Crippen LogP contribution < -0.4 is 5.32 Å². The summed E-state index contributed by atoms with van der Waals surface area (Å²) < 4.78 is 13.0. The summed E-state index contributed by atoms with van der Waals surface area (Å²) in [6, 6.07) is 4.46. The Hall–Kier alpha value is -1.22. The normalized spacial score (nSPS) is 12.5. The molecule has 0 aromatic heterocycles. The van der Waals surface area contributed by atoms with Crippen LogP contribution in [-0.2, 0) is 0 Å². The van der Waals surface area contributed by atoms with E-state index in [1.54, 1.807) is 6.07 Å². The lowest BCUT2D eigenvalue weighted by molar-refractivity contribution is 0.0971. The highest BCUT2D eigenvalue weighted by Gasteiger charge is 2.13. The summed E-state index contributed by atoms with van der Waals surface area (Å²) in [6.45, 7) is 6.60. The van der Waals surface area contributed by atoms with Crippen molar-refractivity contribution in [3.63, 3.8) is 0 Å². The third-order valence-electron chi connectivity index (χ3n) is 2.54. The van der Waals surface area contributed by atoms with Crippen LogP contribution in [0.4, 0.5) is 4.39 Å². The van der Waals surface area contributed by atoms with Gasteiger partial charge in [0.15, 0.2) is 5.78 Å². The molecule has 3 heteroatoms. The fraction of sp³-hybridized carbons (Fsp3) is 0.462. The van der Waals surface area contributed by atoms with Crippen molar-refractivity contribution in [3.8, 4) is 0 Å². The van der Waals surface area contributed by atoms with E-state index >= 15 is 0 Å². The highest BCUT2D eigenvalue weighted by Crippen LogP contribution is 2.13. The molecule has 0 heterocycles. The first-order valence-corrected chi connectivity index (χ1v) is 5.57. The Morgan fingerprint density at radius 3 is 2.81 bits per heavy atom. The molecule has 1 unspecified atom stereocenters. The van der Waals surface area contributed by atoms with Crippen LogP contribution in [0.2, 0.25) is 0 Å². The molecule has 0 saturated heterocycles. The van der Waals surface area contributed by atoms with Gasteiger partial charge in [-0.3, -0.25) is 4.79 Å². The number of aryl methyl sites for hydroxylation is 1. The van der Waals surface area contributed by atoms with Crippen LogP contribution in [-0.4, -0.2) is 18.4 Å². The van der Waals surface area contributed by atoms with E-state index in [1.165, 1.54) is 12.1 Å². The number of nitrogens with one attached hydrogen (secondary N) is 1. The predicted molar refractivity (Wildman–Crippen MR) is 63.2 cm³/mol. The van der Waals surface area contributed by atoms with Gasteiger partial charge < -0.3 is 5.32 Å². The van der Waals surface area contributed by atoms with Crippen molar-refractivity contribution in [3.05, 3.63) is 35.1 Å². The topological polar surface area (TPSA) is 29.1 Å². The minimum atomic E-state index is -0.356. The van der Waals surface area contributed by atoms with Gasteiger partial charge in [0.1, 0.15) is 5.82 Å². The molecule has 16 heavy (non-hydrogen) atoms. The van der Waals surface area contributed by atoms with Gasteiger partial charge in [-0.2, -0.15) is 0 Å². The Morgan fingerprint density at radius 2 is 2.19 bits per heavy atom. The molecule has 0 aliphatic heterocycles. The lowest BCUT2D eigenvalue weighted by atomic mass is 10.00. The van der Waals surface area contributed by atoms with Gasteiger partial charge in [0.05, 0.1) is 0 Å². The molecule has 88 valence electrons. The van der Waals surface area contributed by atoms with Gasteiger partial charge in [-0.15, -0.1) is 0 Å². The van der Waals surface area contributed by atoms with Crippen LogP contribution >= 0.6 is 0 Å². The lowest BCUT2D eigenvalue weighted by Gasteiger charge is -2.12. The Bertz CT molecular complexity index is 376. The summed E-state index contributed by atoms with van der Waals surface area (Å²) in [6.07, 6.45) is 0.401. The standard InChI is InChI=1S/C13H18FNO/c1-4-15-10(3)7-13(16)12-8-11(14)6-5-9(12)2/h5-6,8,10,15H,4,7H2,1-3H3. The second-order valence-corrected chi connectivity index (χ2v) is 4.05. The number of ketones is 1. The van der Waals surface area contributed by atoms with Crippen LogP contribution in [0.25, 0.3) is 0 Å². The average molecular weight is 223 g/mol. The van der Waals surface area contributed by atoms with E-state index in [0.717, 1.165) is 12.1 Å². The molecule has 1 aromatic rings. The number of hydrogen-bond acceptors (Lipinski definition) is 2. The zero-order valence-electron chi connectivity index (χ0n) is 10.0. The number of carbonyl (C=O) groups excluding carboxylic acids is 1.